The zero-order chi connectivity index (χ0) is 29.1. The third-order valence-corrected chi connectivity index (χ3v) is 8.23. The first kappa shape index (κ1) is 31.6. The number of rotatable bonds is 14. The van der Waals surface area contributed by atoms with Crippen LogP contribution in [0.4, 0.5) is 5.69 Å². The van der Waals surface area contributed by atoms with Gasteiger partial charge in [-0.15, -0.1) is 0 Å². The molecule has 0 saturated carbocycles. The van der Waals surface area contributed by atoms with E-state index in [1.54, 1.807) is 29.2 Å². The number of nitrogens with one attached hydrogen (secondary N) is 1. The van der Waals surface area contributed by atoms with E-state index in [1.807, 2.05) is 61.5 Å². The molecule has 0 spiro atoms. The molecule has 3 aromatic carbocycles. The maximum Gasteiger partial charge on any atom is 0.243 e. The highest BCUT2D eigenvalue weighted by Gasteiger charge is 2.30. The van der Waals surface area contributed by atoms with Gasteiger partial charge >= 0.3 is 0 Å². The molecular formula is C30H35BrClN3O4S. The largest absolute Gasteiger partial charge is 0.354 e. The van der Waals surface area contributed by atoms with Crippen molar-refractivity contribution in [3.05, 3.63) is 99.5 Å². The fraction of sp³-hybridized carbons (Fsp3) is 0.333. The van der Waals surface area contributed by atoms with Crippen molar-refractivity contribution in [2.75, 3.05) is 23.7 Å². The molecule has 214 valence electrons. The summed E-state index contributed by atoms with van der Waals surface area (Å²) in [6.07, 6.45) is 2.58. The molecule has 40 heavy (non-hydrogen) atoms. The Morgan fingerprint density at radius 2 is 1.68 bits per heavy atom. The van der Waals surface area contributed by atoms with Crippen LogP contribution in [0, 0.1) is 0 Å². The minimum Gasteiger partial charge on any atom is -0.354 e. The minimum atomic E-state index is -3.61. The third-order valence-electron chi connectivity index (χ3n) is 6.31. The Morgan fingerprint density at radius 3 is 2.33 bits per heavy atom. The molecular weight excluding hydrogens is 614 g/mol. The Balaban J connectivity index is 1.87. The molecule has 0 fully saturated rings. The monoisotopic (exact) mass is 647 g/mol. The predicted molar refractivity (Wildman–Crippen MR) is 165 cm³/mol. The van der Waals surface area contributed by atoms with Crippen molar-refractivity contribution < 1.29 is 18.0 Å². The SMILES string of the molecule is CCCNC(=O)[C@@H](Cc1ccccc1)N(Cc1cccc(Br)c1)C(=O)CCCN(c1cccc(Cl)c1)S(C)(=O)=O. The molecule has 3 rings (SSSR count). The second-order valence-corrected chi connectivity index (χ2v) is 12.8. The van der Waals surface area contributed by atoms with E-state index in [9.17, 15) is 18.0 Å². The van der Waals surface area contributed by atoms with Crippen LogP contribution in [0.15, 0.2) is 83.3 Å². The Kier molecular flexibility index (Phi) is 12.0. The third kappa shape index (κ3) is 9.64. The van der Waals surface area contributed by atoms with Gasteiger partial charge in [0, 0.05) is 42.0 Å². The highest BCUT2D eigenvalue weighted by atomic mass is 79.9. The van der Waals surface area contributed by atoms with Crippen LogP contribution in [0.1, 0.15) is 37.3 Å². The van der Waals surface area contributed by atoms with Gasteiger partial charge in [0.25, 0.3) is 0 Å². The minimum absolute atomic E-state index is 0.0624. The smallest absolute Gasteiger partial charge is 0.243 e. The van der Waals surface area contributed by atoms with E-state index in [2.05, 4.69) is 21.2 Å². The van der Waals surface area contributed by atoms with E-state index in [1.165, 1.54) is 4.31 Å². The van der Waals surface area contributed by atoms with Crippen LogP contribution in [0.5, 0.6) is 0 Å². The van der Waals surface area contributed by atoms with Gasteiger partial charge < -0.3 is 10.2 Å². The number of carbonyl (C=O) groups is 2. The van der Waals surface area contributed by atoms with Crippen molar-refractivity contribution in [1.82, 2.24) is 10.2 Å². The van der Waals surface area contributed by atoms with Crippen LogP contribution < -0.4 is 9.62 Å². The number of hydrogen-bond acceptors (Lipinski definition) is 4. The molecule has 0 unspecified atom stereocenters. The number of nitrogens with zero attached hydrogens (tertiary/aromatic N) is 2. The Labute approximate surface area is 250 Å². The summed E-state index contributed by atoms with van der Waals surface area (Å²) in [5.41, 5.74) is 2.26. The number of anilines is 1. The highest BCUT2D eigenvalue weighted by molar-refractivity contribution is 9.10. The fourth-order valence-corrected chi connectivity index (χ4v) is 5.98. The van der Waals surface area contributed by atoms with Crippen LogP contribution in [0.25, 0.3) is 0 Å². The maximum absolute atomic E-state index is 13.8. The maximum atomic E-state index is 13.8. The van der Waals surface area contributed by atoms with Gasteiger partial charge in [0.05, 0.1) is 11.9 Å². The van der Waals surface area contributed by atoms with Gasteiger partial charge in [-0.25, -0.2) is 8.42 Å². The molecule has 10 heteroatoms. The van der Waals surface area contributed by atoms with E-state index in [0.717, 1.165) is 28.3 Å². The van der Waals surface area contributed by atoms with Crippen LogP contribution >= 0.6 is 27.5 Å². The molecule has 2 amide bonds. The highest BCUT2D eigenvalue weighted by Crippen LogP contribution is 2.23. The fourth-order valence-electron chi connectivity index (χ4n) is 4.39. The second kappa shape index (κ2) is 15.2. The van der Waals surface area contributed by atoms with Crippen LogP contribution in [0.2, 0.25) is 5.02 Å². The molecule has 0 aliphatic carbocycles. The molecule has 0 aliphatic rings. The first-order chi connectivity index (χ1) is 19.1. The van der Waals surface area contributed by atoms with Crippen LogP contribution in [-0.2, 0) is 32.6 Å². The normalized spacial score (nSPS) is 12.0. The molecule has 1 N–H and O–H groups in total. The van der Waals surface area contributed by atoms with Crippen molar-refractivity contribution >= 4 is 55.1 Å². The topological polar surface area (TPSA) is 86.8 Å². The van der Waals surface area contributed by atoms with Crippen LogP contribution in [-0.4, -0.2) is 50.5 Å². The quantitative estimate of drug-likeness (QED) is 0.239. The summed E-state index contributed by atoms with van der Waals surface area (Å²) in [6.45, 7) is 2.82. The molecule has 7 nitrogen and oxygen atoms in total. The lowest BCUT2D eigenvalue weighted by molar-refractivity contribution is -0.141. The van der Waals surface area contributed by atoms with Gasteiger partial charge in [-0.2, -0.15) is 0 Å². The van der Waals surface area contributed by atoms with Crippen molar-refractivity contribution in [1.29, 1.82) is 0 Å². The van der Waals surface area contributed by atoms with Gasteiger partial charge in [0.15, 0.2) is 0 Å². The van der Waals surface area contributed by atoms with Crippen molar-refractivity contribution in [2.45, 2.75) is 45.2 Å². The van der Waals surface area contributed by atoms with Gasteiger partial charge in [-0.3, -0.25) is 13.9 Å². The summed E-state index contributed by atoms with van der Waals surface area (Å²) in [5, 5.41) is 3.38. The number of benzene rings is 3. The first-order valence-electron chi connectivity index (χ1n) is 13.2. The van der Waals surface area contributed by atoms with E-state index in [0.29, 0.717) is 23.7 Å². The number of hydrogen-bond donors (Lipinski definition) is 1. The Bertz CT molecular complexity index is 1390. The molecule has 3 aromatic rings. The lowest BCUT2D eigenvalue weighted by Gasteiger charge is -2.32. The average Bonchev–Trinajstić information content (AvgIpc) is 2.91. The van der Waals surface area contributed by atoms with Gasteiger partial charge in [0.1, 0.15) is 6.04 Å². The Hall–Kier alpha value is -2.88. The predicted octanol–water partition coefficient (Wildman–Crippen LogP) is 5.82. The molecule has 0 bridgehead atoms. The van der Waals surface area contributed by atoms with Gasteiger partial charge in [0.2, 0.25) is 21.8 Å². The molecule has 0 aromatic heterocycles. The summed E-state index contributed by atoms with van der Waals surface area (Å²) < 4.78 is 27.2. The number of halogens is 2. The first-order valence-corrected chi connectivity index (χ1v) is 16.2. The van der Waals surface area contributed by atoms with E-state index >= 15 is 0 Å². The summed E-state index contributed by atoms with van der Waals surface area (Å²) in [4.78, 5) is 28.9. The summed E-state index contributed by atoms with van der Waals surface area (Å²) in [5.74, 6) is -0.446. The van der Waals surface area contributed by atoms with Crippen molar-refractivity contribution in [3.63, 3.8) is 0 Å². The van der Waals surface area contributed by atoms with Gasteiger partial charge in [-0.05, 0) is 54.3 Å². The second-order valence-electron chi connectivity index (χ2n) is 9.57. The van der Waals surface area contributed by atoms with Crippen LogP contribution in [0.3, 0.4) is 0 Å². The van der Waals surface area contributed by atoms with Gasteiger partial charge in [-0.1, -0.05) is 83.0 Å². The molecule has 0 radical (unpaired) electrons. The summed E-state index contributed by atoms with van der Waals surface area (Å²) in [6, 6.07) is 23.1. The van der Waals surface area contributed by atoms with E-state index in [-0.39, 0.29) is 37.7 Å². The van der Waals surface area contributed by atoms with Crippen molar-refractivity contribution in [3.8, 4) is 0 Å². The molecule has 0 aliphatic heterocycles. The lowest BCUT2D eigenvalue weighted by atomic mass is 10.0. The molecule has 0 heterocycles. The molecule has 1 atom stereocenters. The number of amides is 2. The molecule has 0 saturated heterocycles. The summed E-state index contributed by atoms with van der Waals surface area (Å²) in [7, 11) is -3.61. The number of carbonyl (C=O) groups excluding carboxylic acids is 2. The standard InChI is InChI=1S/C30H35BrClN3O4S/c1-3-17-33-30(37)28(20-23-10-5-4-6-11-23)34(22-24-12-7-13-25(31)19-24)29(36)16-9-18-35(40(2,38)39)27-15-8-14-26(32)21-27/h4-8,10-15,19,21,28H,3,9,16-18,20,22H2,1-2H3,(H,33,37)/t28-/m1/s1. The zero-order valence-electron chi connectivity index (χ0n) is 22.7. The Morgan fingerprint density at radius 1 is 0.975 bits per heavy atom. The van der Waals surface area contributed by atoms with E-state index in [4.69, 9.17) is 11.6 Å². The number of sulfonamides is 1. The average molecular weight is 649 g/mol. The van der Waals surface area contributed by atoms with E-state index < -0.39 is 16.1 Å². The lowest BCUT2D eigenvalue weighted by Crippen LogP contribution is -2.50. The summed E-state index contributed by atoms with van der Waals surface area (Å²) >= 11 is 9.59. The van der Waals surface area contributed by atoms with Crippen molar-refractivity contribution in [2.24, 2.45) is 0 Å². The zero-order valence-corrected chi connectivity index (χ0v) is 25.9.